The van der Waals surface area contributed by atoms with Crippen molar-refractivity contribution in [1.29, 1.82) is 0 Å². The van der Waals surface area contributed by atoms with Crippen LogP contribution in [0.15, 0.2) is 67.0 Å². The monoisotopic (exact) mass is 446 g/mol. The standard InChI is InChI=1S/C26H30N4O3/c1-32-23-12-7-13-24(33-2)20(23)18-30-16-8-9-19(17-30)25(21-10-3-5-14-27-21)29-26(31)22-11-4-6-15-28-22/h3-7,10-15,19,25H,8-9,16-18H2,1-2H3,(H,29,31)/t19-,25-/m1/s1. The molecule has 1 N–H and O–H groups in total. The van der Waals surface area contributed by atoms with E-state index in [0.717, 1.165) is 48.7 Å². The van der Waals surface area contributed by atoms with E-state index >= 15 is 0 Å². The molecule has 3 heterocycles. The Kier molecular flexibility index (Phi) is 7.52. The highest BCUT2D eigenvalue weighted by Crippen LogP contribution is 2.34. The number of hydrogen-bond acceptors (Lipinski definition) is 6. The van der Waals surface area contributed by atoms with Gasteiger partial charge in [-0.2, -0.15) is 0 Å². The van der Waals surface area contributed by atoms with E-state index in [1.54, 1.807) is 38.7 Å². The van der Waals surface area contributed by atoms with Crippen LogP contribution in [0.5, 0.6) is 11.5 Å². The van der Waals surface area contributed by atoms with E-state index in [-0.39, 0.29) is 17.9 Å². The molecule has 1 aliphatic heterocycles. The molecule has 2 atom stereocenters. The highest BCUT2D eigenvalue weighted by molar-refractivity contribution is 5.92. The molecule has 1 aromatic carbocycles. The highest BCUT2D eigenvalue weighted by atomic mass is 16.5. The van der Waals surface area contributed by atoms with Crippen molar-refractivity contribution in [3.05, 3.63) is 83.9 Å². The van der Waals surface area contributed by atoms with Crippen molar-refractivity contribution < 1.29 is 14.3 Å². The minimum atomic E-state index is -0.205. The van der Waals surface area contributed by atoms with Crippen LogP contribution in [0.1, 0.15) is 40.6 Å². The Balaban J connectivity index is 1.55. The largest absolute Gasteiger partial charge is 0.496 e. The number of aromatic nitrogens is 2. The zero-order valence-electron chi connectivity index (χ0n) is 19.1. The molecule has 3 aromatic rings. The first-order chi connectivity index (χ1) is 16.2. The van der Waals surface area contributed by atoms with Crippen LogP contribution >= 0.6 is 0 Å². The molecule has 0 aliphatic carbocycles. The molecule has 172 valence electrons. The lowest BCUT2D eigenvalue weighted by molar-refractivity contribution is 0.0869. The number of pyridine rings is 2. The van der Waals surface area contributed by atoms with Crippen LogP contribution in [0.4, 0.5) is 0 Å². The van der Waals surface area contributed by atoms with Crippen LogP contribution in [0.2, 0.25) is 0 Å². The second-order valence-electron chi connectivity index (χ2n) is 8.20. The number of likely N-dealkylation sites (tertiary alicyclic amines) is 1. The summed E-state index contributed by atoms with van der Waals surface area (Å²) in [5.41, 5.74) is 2.31. The number of carbonyl (C=O) groups is 1. The molecule has 0 bridgehead atoms. The van der Waals surface area contributed by atoms with Crippen molar-refractivity contribution in [1.82, 2.24) is 20.2 Å². The Morgan fingerprint density at radius 2 is 1.76 bits per heavy atom. The van der Waals surface area contributed by atoms with Gasteiger partial charge in [-0.15, -0.1) is 0 Å². The quantitative estimate of drug-likeness (QED) is 0.566. The summed E-state index contributed by atoms with van der Waals surface area (Å²) in [5, 5.41) is 3.21. The van der Waals surface area contributed by atoms with Gasteiger partial charge >= 0.3 is 0 Å². The van der Waals surface area contributed by atoms with Crippen LogP contribution in [0.25, 0.3) is 0 Å². The van der Waals surface area contributed by atoms with Gasteiger partial charge in [0.05, 0.1) is 31.5 Å². The molecular formula is C26H30N4O3. The fourth-order valence-corrected chi connectivity index (χ4v) is 4.52. The fourth-order valence-electron chi connectivity index (χ4n) is 4.52. The second kappa shape index (κ2) is 10.9. The van der Waals surface area contributed by atoms with E-state index in [1.807, 2.05) is 42.5 Å². The van der Waals surface area contributed by atoms with Crippen LogP contribution in [0, 0.1) is 5.92 Å². The zero-order chi connectivity index (χ0) is 23.0. The van der Waals surface area contributed by atoms with Gasteiger partial charge in [0, 0.05) is 25.5 Å². The van der Waals surface area contributed by atoms with Gasteiger partial charge in [0.2, 0.25) is 0 Å². The number of benzene rings is 1. The summed E-state index contributed by atoms with van der Waals surface area (Å²) in [5.74, 6) is 1.67. The molecule has 1 amide bonds. The third kappa shape index (κ3) is 5.49. The number of piperidine rings is 1. The number of nitrogens with one attached hydrogen (secondary N) is 1. The molecule has 0 radical (unpaired) electrons. The fraction of sp³-hybridized carbons (Fsp3) is 0.346. The maximum absolute atomic E-state index is 13.0. The molecular weight excluding hydrogens is 416 g/mol. The van der Waals surface area contributed by atoms with E-state index in [0.29, 0.717) is 12.2 Å². The molecule has 4 rings (SSSR count). The molecule has 0 unspecified atom stereocenters. The molecule has 2 aromatic heterocycles. The average molecular weight is 447 g/mol. The maximum Gasteiger partial charge on any atom is 0.270 e. The van der Waals surface area contributed by atoms with Crippen molar-refractivity contribution in [2.45, 2.75) is 25.4 Å². The van der Waals surface area contributed by atoms with Crippen LogP contribution in [0.3, 0.4) is 0 Å². The molecule has 33 heavy (non-hydrogen) atoms. The van der Waals surface area contributed by atoms with Crippen LogP contribution < -0.4 is 14.8 Å². The van der Waals surface area contributed by atoms with E-state index in [4.69, 9.17) is 9.47 Å². The summed E-state index contributed by atoms with van der Waals surface area (Å²) < 4.78 is 11.2. The minimum absolute atomic E-state index is 0.185. The Morgan fingerprint density at radius 1 is 1.03 bits per heavy atom. The number of amides is 1. The zero-order valence-corrected chi connectivity index (χ0v) is 19.1. The molecule has 7 heteroatoms. The van der Waals surface area contributed by atoms with Gasteiger partial charge in [0.25, 0.3) is 5.91 Å². The van der Waals surface area contributed by atoms with Crippen molar-refractivity contribution in [2.75, 3.05) is 27.3 Å². The Hall–Kier alpha value is -3.45. The number of carbonyl (C=O) groups excluding carboxylic acids is 1. The SMILES string of the molecule is COc1cccc(OC)c1CN1CCC[C@@H]([C@@H](NC(=O)c2ccccn2)c2ccccn2)C1. The molecule has 0 spiro atoms. The molecule has 7 nitrogen and oxygen atoms in total. The predicted molar refractivity (Wildman–Crippen MR) is 126 cm³/mol. The Bertz CT molecular complexity index is 1020. The predicted octanol–water partition coefficient (Wildman–Crippen LogP) is 3.88. The molecule has 0 saturated carbocycles. The van der Waals surface area contributed by atoms with Gasteiger partial charge in [-0.25, -0.2) is 0 Å². The first-order valence-corrected chi connectivity index (χ1v) is 11.2. The lowest BCUT2D eigenvalue weighted by Crippen LogP contribution is -2.43. The summed E-state index contributed by atoms with van der Waals surface area (Å²) in [7, 11) is 3.36. The smallest absolute Gasteiger partial charge is 0.270 e. The van der Waals surface area contributed by atoms with Crippen molar-refractivity contribution in [3.8, 4) is 11.5 Å². The summed E-state index contributed by atoms with van der Waals surface area (Å²) in [4.78, 5) is 24.1. The van der Waals surface area contributed by atoms with Gasteiger partial charge in [-0.1, -0.05) is 18.2 Å². The van der Waals surface area contributed by atoms with E-state index < -0.39 is 0 Å². The van der Waals surface area contributed by atoms with Crippen molar-refractivity contribution in [2.24, 2.45) is 5.92 Å². The summed E-state index contributed by atoms with van der Waals surface area (Å²) in [6.45, 7) is 2.51. The van der Waals surface area contributed by atoms with Crippen molar-refractivity contribution >= 4 is 5.91 Å². The second-order valence-corrected chi connectivity index (χ2v) is 8.20. The van der Waals surface area contributed by atoms with Gasteiger partial charge in [-0.3, -0.25) is 19.7 Å². The lowest BCUT2D eigenvalue weighted by Gasteiger charge is -2.37. The summed E-state index contributed by atoms with van der Waals surface area (Å²) in [6, 6.07) is 16.8. The Labute approximate surface area is 194 Å². The minimum Gasteiger partial charge on any atom is -0.496 e. The highest BCUT2D eigenvalue weighted by Gasteiger charge is 2.31. The number of nitrogens with zero attached hydrogens (tertiary/aromatic N) is 3. The van der Waals surface area contributed by atoms with E-state index in [1.165, 1.54) is 0 Å². The maximum atomic E-state index is 13.0. The topological polar surface area (TPSA) is 76.6 Å². The number of hydrogen-bond donors (Lipinski definition) is 1. The molecule has 1 fully saturated rings. The number of methoxy groups -OCH3 is 2. The third-order valence-electron chi connectivity index (χ3n) is 6.12. The van der Waals surface area contributed by atoms with Gasteiger partial charge < -0.3 is 14.8 Å². The third-order valence-corrected chi connectivity index (χ3v) is 6.12. The first kappa shape index (κ1) is 22.7. The number of ether oxygens (including phenoxy) is 2. The van der Waals surface area contributed by atoms with E-state index in [2.05, 4.69) is 20.2 Å². The normalized spacial score (nSPS) is 17.2. The van der Waals surface area contributed by atoms with Crippen LogP contribution in [-0.2, 0) is 6.54 Å². The van der Waals surface area contributed by atoms with Gasteiger partial charge in [0.1, 0.15) is 17.2 Å². The molecule has 1 aliphatic rings. The van der Waals surface area contributed by atoms with Crippen LogP contribution in [-0.4, -0.2) is 48.1 Å². The molecule has 1 saturated heterocycles. The van der Waals surface area contributed by atoms with Gasteiger partial charge in [-0.05, 0) is 61.7 Å². The van der Waals surface area contributed by atoms with Gasteiger partial charge in [0.15, 0.2) is 0 Å². The summed E-state index contributed by atoms with van der Waals surface area (Å²) in [6.07, 6.45) is 5.44. The number of rotatable bonds is 8. The summed E-state index contributed by atoms with van der Waals surface area (Å²) >= 11 is 0. The lowest BCUT2D eigenvalue weighted by atomic mass is 9.88. The van der Waals surface area contributed by atoms with Crippen molar-refractivity contribution in [3.63, 3.8) is 0 Å². The Morgan fingerprint density at radius 3 is 2.39 bits per heavy atom. The van der Waals surface area contributed by atoms with E-state index in [9.17, 15) is 4.79 Å². The first-order valence-electron chi connectivity index (χ1n) is 11.2. The average Bonchev–Trinajstić information content (AvgIpc) is 2.88.